The number of benzene rings is 1. The van der Waals surface area contributed by atoms with Crippen LogP contribution in [-0.2, 0) is 0 Å². The van der Waals surface area contributed by atoms with Crippen molar-refractivity contribution in [1.29, 1.82) is 0 Å². The van der Waals surface area contributed by atoms with Crippen LogP contribution in [0.15, 0.2) is 42.7 Å². The zero-order valence-electron chi connectivity index (χ0n) is 13.1. The molecule has 1 aliphatic heterocycles. The Labute approximate surface area is 141 Å². The first-order chi connectivity index (χ1) is 11.1. The zero-order valence-corrected chi connectivity index (χ0v) is 13.9. The predicted octanol–water partition coefficient (Wildman–Crippen LogP) is 3.23. The van der Waals surface area contributed by atoms with Gasteiger partial charge in [0.1, 0.15) is 0 Å². The van der Waals surface area contributed by atoms with E-state index in [1.807, 2.05) is 42.3 Å². The highest BCUT2D eigenvalue weighted by Gasteiger charge is 2.23. The largest absolute Gasteiger partial charge is 0.339 e. The lowest BCUT2D eigenvalue weighted by Gasteiger charge is -2.31. The van der Waals surface area contributed by atoms with E-state index in [9.17, 15) is 4.79 Å². The van der Waals surface area contributed by atoms with Gasteiger partial charge in [-0.15, -0.1) is 0 Å². The van der Waals surface area contributed by atoms with Crippen molar-refractivity contribution in [3.63, 3.8) is 0 Å². The number of nitrogens with one attached hydrogen (secondary N) is 1. The van der Waals surface area contributed by atoms with Crippen molar-refractivity contribution in [3.05, 3.63) is 53.3 Å². The molecule has 1 saturated heterocycles. The Hall–Kier alpha value is -1.91. The Morgan fingerprint density at radius 1 is 1.17 bits per heavy atom. The van der Waals surface area contributed by atoms with Gasteiger partial charge in [0.15, 0.2) is 0 Å². The molecule has 0 radical (unpaired) electrons. The van der Waals surface area contributed by atoms with E-state index in [-0.39, 0.29) is 5.91 Å². The standard InChI is InChI=1S/C18H20ClN3O/c1-22(17-6-8-20-9-7-17)18(23)15-10-14(11-21-12-15)13-2-4-16(19)5-3-13/h2-5,10-12,17,20H,6-9H2,1H3. The maximum atomic E-state index is 12.7. The third-order valence-electron chi connectivity index (χ3n) is 4.34. The highest BCUT2D eigenvalue weighted by Crippen LogP contribution is 2.22. The number of aromatic nitrogens is 1. The Bertz CT molecular complexity index is 681. The van der Waals surface area contributed by atoms with Crippen molar-refractivity contribution in [2.45, 2.75) is 18.9 Å². The third-order valence-corrected chi connectivity index (χ3v) is 4.59. The molecular weight excluding hydrogens is 310 g/mol. The average Bonchev–Trinajstić information content (AvgIpc) is 2.62. The molecule has 0 bridgehead atoms. The second kappa shape index (κ2) is 7.11. The van der Waals surface area contributed by atoms with Crippen molar-refractivity contribution < 1.29 is 4.79 Å². The number of piperidine rings is 1. The Morgan fingerprint density at radius 3 is 2.57 bits per heavy atom. The van der Waals surface area contributed by atoms with Crippen LogP contribution in [0.3, 0.4) is 0 Å². The molecule has 0 unspecified atom stereocenters. The van der Waals surface area contributed by atoms with Gasteiger partial charge in [-0.2, -0.15) is 0 Å². The summed E-state index contributed by atoms with van der Waals surface area (Å²) in [4.78, 5) is 18.8. The van der Waals surface area contributed by atoms with Gasteiger partial charge in [0.05, 0.1) is 5.56 Å². The normalized spacial score (nSPS) is 15.4. The Balaban J connectivity index is 1.81. The second-order valence-corrected chi connectivity index (χ2v) is 6.30. The van der Waals surface area contributed by atoms with Gasteiger partial charge in [0.25, 0.3) is 5.91 Å². The molecule has 0 saturated carbocycles. The molecule has 1 fully saturated rings. The highest BCUT2D eigenvalue weighted by atomic mass is 35.5. The summed E-state index contributed by atoms with van der Waals surface area (Å²) in [7, 11) is 1.88. The van der Waals surface area contributed by atoms with E-state index in [4.69, 9.17) is 11.6 Å². The molecule has 1 aliphatic rings. The lowest BCUT2D eigenvalue weighted by Crippen LogP contribution is -2.44. The minimum Gasteiger partial charge on any atom is -0.339 e. The third kappa shape index (κ3) is 3.71. The number of amides is 1. The van der Waals surface area contributed by atoms with Gasteiger partial charge in [-0.05, 0) is 49.7 Å². The molecule has 3 rings (SSSR count). The van der Waals surface area contributed by atoms with Crippen LogP contribution in [0, 0.1) is 0 Å². The van der Waals surface area contributed by atoms with Gasteiger partial charge in [0.2, 0.25) is 0 Å². The smallest absolute Gasteiger partial charge is 0.255 e. The summed E-state index contributed by atoms with van der Waals surface area (Å²) in [5.74, 6) is 0.0280. The monoisotopic (exact) mass is 329 g/mol. The lowest BCUT2D eigenvalue weighted by molar-refractivity contribution is 0.0703. The van der Waals surface area contributed by atoms with Crippen LogP contribution in [0.5, 0.6) is 0 Å². The molecule has 4 nitrogen and oxygen atoms in total. The summed E-state index contributed by atoms with van der Waals surface area (Å²) in [6.45, 7) is 1.93. The molecule has 1 aromatic heterocycles. The van der Waals surface area contributed by atoms with Crippen LogP contribution >= 0.6 is 11.6 Å². The summed E-state index contributed by atoms with van der Waals surface area (Å²) >= 11 is 5.93. The van der Waals surface area contributed by atoms with Crippen LogP contribution in [0.2, 0.25) is 5.02 Å². The lowest BCUT2D eigenvalue weighted by atomic mass is 10.0. The van der Waals surface area contributed by atoms with Crippen LogP contribution < -0.4 is 5.32 Å². The van der Waals surface area contributed by atoms with Gasteiger partial charge in [-0.1, -0.05) is 23.7 Å². The fraction of sp³-hybridized carbons (Fsp3) is 0.333. The average molecular weight is 330 g/mol. The van der Waals surface area contributed by atoms with Gasteiger partial charge >= 0.3 is 0 Å². The summed E-state index contributed by atoms with van der Waals surface area (Å²) < 4.78 is 0. The first-order valence-corrected chi connectivity index (χ1v) is 8.22. The highest BCUT2D eigenvalue weighted by molar-refractivity contribution is 6.30. The molecule has 1 N–H and O–H groups in total. The first kappa shape index (κ1) is 16.0. The number of nitrogens with zero attached hydrogens (tertiary/aromatic N) is 2. The molecule has 5 heteroatoms. The SMILES string of the molecule is CN(C(=O)c1cncc(-c2ccc(Cl)cc2)c1)C1CCNCC1. The number of hydrogen-bond acceptors (Lipinski definition) is 3. The molecule has 2 aromatic rings. The van der Waals surface area contributed by atoms with E-state index >= 15 is 0 Å². The summed E-state index contributed by atoms with van der Waals surface area (Å²) in [6.07, 6.45) is 5.39. The van der Waals surface area contributed by atoms with Gasteiger partial charge in [-0.3, -0.25) is 9.78 Å². The Morgan fingerprint density at radius 2 is 1.87 bits per heavy atom. The molecule has 0 atom stereocenters. The number of hydrogen-bond donors (Lipinski definition) is 1. The van der Waals surface area contributed by atoms with Crippen molar-refractivity contribution in [1.82, 2.24) is 15.2 Å². The molecule has 120 valence electrons. The zero-order chi connectivity index (χ0) is 16.2. The predicted molar refractivity (Wildman–Crippen MR) is 92.7 cm³/mol. The maximum Gasteiger partial charge on any atom is 0.255 e. The van der Waals surface area contributed by atoms with Crippen LogP contribution in [0.25, 0.3) is 11.1 Å². The molecular formula is C18H20ClN3O. The molecule has 0 aliphatic carbocycles. The first-order valence-electron chi connectivity index (χ1n) is 7.84. The minimum absolute atomic E-state index is 0.0280. The summed E-state index contributed by atoms with van der Waals surface area (Å²) in [6, 6.07) is 9.74. The fourth-order valence-corrected chi connectivity index (χ4v) is 3.05. The number of pyridine rings is 1. The molecule has 23 heavy (non-hydrogen) atoms. The van der Waals surface area contributed by atoms with E-state index in [1.54, 1.807) is 12.4 Å². The van der Waals surface area contributed by atoms with Crippen molar-refractivity contribution >= 4 is 17.5 Å². The van der Waals surface area contributed by atoms with Crippen LogP contribution in [0.4, 0.5) is 0 Å². The number of carbonyl (C=O) groups is 1. The van der Waals surface area contributed by atoms with Crippen LogP contribution in [-0.4, -0.2) is 42.0 Å². The number of halogens is 1. The van der Waals surface area contributed by atoms with Gasteiger partial charge in [0, 0.05) is 36.1 Å². The van der Waals surface area contributed by atoms with Gasteiger partial charge in [-0.25, -0.2) is 0 Å². The van der Waals surface area contributed by atoms with Crippen molar-refractivity contribution in [2.24, 2.45) is 0 Å². The van der Waals surface area contributed by atoms with E-state index in [2.05, 4.69) is 10.3 Å². The summed E-state index contributed by atoms with van der Waals surface area (Å²) in [5, 5.41) is 4.02. The molecule has 1 amide bonds. The van der Waals surface area contributed by atoms with E-state index < -0.39 is 0 Å². The molecule has 1 aromatic carbocycles. The molecule has 2 heterocycles. The summed E-state index contributed by atoms with van der Waals surface area (Å²) in [5.41, 5.74) is 2.55. The van der Waals surface area contributed by atoms with Crippen molar-refractivity contribution in [3.8, 4) is 11.1 Å². The van der Waals surface area contributed by atoms with Gasteiger partial charge < -0.3 is 10.2 Å². The number of rotatable bonds is 3. The maximum absolute atomic E-state index is 12.7. The van der Waals surface area contributed by atoms with Crippen molar-refractivity contribution in [2.75, 3.05) is 20.1 Å². The quantitative estimate of drug-likeness (QED) is 0.940. The topological polar surface area (TPSA) is 45.2 Å². The second-order valence-electron chi connectivity index (χ2n) is 5.87. The fourth-order valence-electron chi connectivity index (χ4n) is 2.92. The Kier molecular flexibility index (Phi) is 4.94. The number of carbonyl (C=O) groups excluding carboxylic acids is 1. The minimum atomic E-state index is 0.0280. The van der Waals surface area contributed by atoms with Crippen LogP contribution in [0.1, 0.15) is 23.2 Å². The van der Waals surface area contributed by atoms with E-state index in [1.165, 1.54) is 0 Å². The van der Waals surface area contributed by atoms with E-state index in [0.29, 0.717) is 16.6 Å². The van der Waals surface area contributed by atoms with E-state index in [0.717, 1.165) is 37.1 Å². The molecule has 0 spiro atoms.